The van der Waals surface area contributed by atoms with Gasteiger partial charge in [-0.1, -0.05) is 59.2 Å². The van der Waals surface area contributed by atoms with Gasteiger partial charge in [0.15, 0.2) is 6.10 Å². The van der Waals surface area contributed by atoms with Crippen LogP contribution in [0.3, 0.4) is 0 Å². The van der Waals surface area contributed by atoms with Crippen LogP contribution < -0.4 is 10.6 Å². The Morgan fingerprint density at radius 1 is 1.17 bits per heavy atom. The number of rotatable bonds is 8. The number of amides is 2. The van der Waals surface area contributed by atoms with Crippen LogP contribution in [0.25, 0.3) is 0 Å². The number of hydrogen-bond donors (Lipinski definition) is 2. The predicted octanol–water partition coefficient (Wildman–Crippen LogP) is 3.79. The number of carbonyl (C=O) groups excluding carboxylic acids is 2. The Morgan fingerprint density at radius 2 is 1.90 bits per heavy atom. The number of nitrogens with zero attached hydrogens (tertiary/aromatic N) is 1. The van der Waals surface area contributed by atoms with E-state index in [1.807, 2.05) is 42.5 Å². The molecule has 0 spiro atoms. The molecule has 158 valence electrons. The van der Waals surface area contributed by atoms with Crippen LogP contribution in [0.2, 0.25) is 5.02 Å². The molecule has 0 fully saturated rings. The number of halogens is 2. The fourth-order valence-electron chi connectivity index (χ4n) is 2.81. The van der Waals surface area contributed by atoms with Gasteiger partial charge in [0.25, 0.3) is 0 Å². The zero-order chi connectivity index (χ0) is 21.3. The van der Waals surface area contributed by atoms with Gasteiger partial charge in [-0.3, -0.25) is 4.79 Å². The van der Waals surface area contributed by atoms with Gasteiger partial charge >= 0.3 is 6.09 Å². The van der Waals surface area contributed by atoms with Crippen LogP contribution >= 0.6 is 27.5 Å². The van der Waals surface area contributed by atoms with Crippen molar-refractivity contribution < 1.29 is 19.2 Å². The first-order chi connectivity index (χ1) is 14.5. The molecule has 7 nitrogen and oxygen atoms in total. The van der Waals surface area contributed by atoms with Crippen LogP contribution in [0, 0.1) is 0 Å². The van der Waals surface area contributed by atoms with Crippen molar-refractivity contribution in [2.24, 2.45) is 5.16 Å². The molecule has 2 N–H and O–H groups in total. The molecule has 30 heavy (non-hydrogen) atoms. The van der Waals surface area contributed by atoms with E-state index in [4.69, 9.17) is 21.2 Å². The molecule has 2 aromatic rings. The van der Waals surface area contributed by atoms with Gasteiger partial charge in [0.2, 0.25) is 5.91 Å². The van der Waals surface area contributed by atoms with E-state index in [0.717, 1.165) is 11.1 Å². The molecular formula is C21H21BrClN3O4. The first-order valence-corrected chi connectivity index (χ1v) is 10.5. The third kappa shape index (κ3) is 7.03. The van der Waals surface area contributed by atoms with Crippen LogP contribution in [0.5, 0.6) is 0 Å². The molecule has 0 aromatic heterocycles. The monoisotopic (exact) mass is 493 g/mol. The molecule has 0 aliphatic carbocycles. The van der Waals surface area contributed by atoms with Crippen molar-refractivity contribution in [2.45, 2.75) is 31.6 Å². The Hall–Kier alpha value is -2.58. The smallest absolute Gasteiger partial charge is 0.408 e. The number of alkyl carbamates (subject to hydrolysis) is 1. The maximum Gasteiger partial charge on any atom is 0.408 e. The minimum absolute atomic E-state index is 0.114. The maximum absolute atomic E-state index is 12.8. The quantitative estimate of drug-likeness (QED) is 0.584. The Kier molecular flexibility index (Phi) is 8.10. The highest BCUT2D eigenvalue weighted by Gasteiger charge is 2.25. The highest BCUT2D eigenvalue weighted by Crippen LogP contribution is 2.14. The highest BCUT2D eigenvalue weighted by atomic mass is 79.9. The zero-order valence-electron chi connectivity index (χ0n) is 16.0. The van der Waals surface area contributed by atoms with E-state index in [0.29, 0.717) is 16.1 Å². The Balaban J connectivity index is 1.58. The van der Waals surface area contributed by atoms with Gasteiger partial charge < -0.3 is 20.2 Å². The summed E-state index contributed by atoms with van der Waals surface area (Å²) < 4.78 is 5.95. The molecule has 2 atom stereocenters. The highest BCUT2D eigenvalue weighted by molar-refractivity contribution is 9.18. The van der Waals surface area contributed by atoms with Crippen molar-refractivity contribution in [1.29, 1.82) is 0 Å². The summed E-state index contributed by atoms with van der Waals surface area (Å²) in [6, 6.07) is 15.6. The number of nitrogens with one attached hydrogen (secondary N) is 2. The lowest BCUT2D eigenvalue weighted by Gasteiger charge is -2.19. The summed E-state index contributed by atoms with van der Waals surface area (Å²) in [6.45, 7) is 0.387. The van der Waals surface area contributed by atoms with Gasteiger partial charge in [-0.2, -0.15) is 0 Å². The van der Waals surface area contributed by atoms with E-state index in [1.54, 1.807) is 12.1 Å². The summed E-state index contributed by atoms with van der Waals surface area (Å²) in [6.07, 6.45) is -0.0511. The van der Waals surface area contributed by atoms with Crippen LogP contribution in [0.4, 0.5) is 4.79 Å². The summed E-state index contributed by atoms with van der Waals surface area (Å²) in [5.41, 5.74) is 1.71. The topological polar surface area (TPSA) is 89.0 Å². The predicted molar refractivity (Wildman–Crippen MR) is 118 cm³/mol. The molecule has 1 heterocycles. The Labute approximate surface area is 187 Å². The van der Waals surface area contributed by atoms with E-state index in [1.165, 1.54) is 0 Å². The summed E-state index contributed by atoms with van der Waals surface area (Å²) in [5, 5.41) is 9.84. The SMILES string of the molecule is O=C(N[C@@H](Cc1ccc(Cl)cc1)C(=O)NCC1CC(Br)=NO1)OCc1ccccc1. The molecule has 9 heteroatoms. The summed E-state index contributed by atoms with van der Waals surface area (Å²) in [4.78, 5) is 30.2. The van der Waals surface area contributed by atoms with Gasteiger partial charge in [0.05, 0.1) is 6.54 Å². The van der Waals surface area contributed by atoms with Gasteiger partial charge in [-0.15, -0.1) is 0 Å². The molecule has 2 aromatic carbocycles. The Morgan fingerprint density at radius 3 is 2.57 bits per heavy atom. The van der Waals surface area contributed by atoms with E-state index in [2.05, 4.69) is 31.7 Å². The van der Waals surface area contributed by atoms with E-state index in [-0.39, 0.29) is 31.6 Å². The van der Waals surface area contributed by atoms with Gasteiger partial charge in [-0.05, 0) is 39.2 Å². The minimum atomic E-state index is -0.819. The molecule has 0 saturated carbocycles. The van der Waals surface area contributed by atoms with Crippen LogP contribution in [-0.4, -0.2) is 35.3 Å². The lowest BCUT2D eigenvalue weighted by molar-refractivity contribution is -0.123. The molecule has 0 radical (unpaired) electrons. The molecule has 1 aliphatic heterocycles. The first-order valence-electron chi connectivity index (χ1n) is 9.37. The minimum Gasteiger partial charge on any atom is -0.445 e. The average molecular weight is 495 g/mol. The maximum atomic E-state index is 12.8. The number of oxime groups is 1. The van der Waals surface area contributed by atoms with Crippen molar-refractivity contribution >= 4 is 44.2 Å². The van der Waals surface area contributed by atoms with Gasteiger partial charge in [-0.25, -0.2) is 4.79 Å². The van der Waals surface area contributed by atoms with Crippen molar-refractivity contribution in [1.82, 2.24) is 10.6 Å². The molecule has 2 amide bonds. The number of ether oxygens (including phenoxy) is 1. The van der Waals surface area contributed by atoms with Crippen LogP contribution in [0.1, 0.15) is 17.5 Å². The lowest BCUT2D eigenvalue weighted by atomic mass is 10.1. The second kappa shape index (κ2) is 11.0. The molecule has 1 aliphatic rings. The summed E-state index contributed by atoms with van der Waals surface area (Å²) in [5.74, 6) is -0.340. The fraction of sp³-hybridized carbons (Fsp3) is 0.286. The molecule has 0 bridgehead atoms. The van der Waals surface area contributed by atoms with E-state index in [9.17, 15) is 9.59 Å². The molecule has 0 saturated heterocycles. The van der Waals surface area contributed by atoms with Crippen molar-refractivity contribution in [3.63, 3.8) is 0 Å². The third-order valence-corrected chi connectivity index (χ3v) is 5.10. The largest absolute Gasteiger partial charge is 0.445 e. The standard InChI is InChI=1S/C21H21BrClN3O4/c22-19-11-17(30-26-19)12-24-20(27)18(10-14-6-8-16(23)9-7-14)25-21(28)29-13-15-4-2-1-3-5-15/h1-9,17-18H,10-13H2,(H,24,27)(H,25,28)/t17?,18-/m0/s1. The van der Waals surface area contributed by atoms with Crippen LogP contribution in [-0.2, 0) is 27.4 Å². The van der Waals surface area contributed by atoms with Gasteiger partial charge in [0, 0.05) is 17.9 Å². The second-order valence-corrected chi connectivity index (χ2v) is 8.09. The third-order valence-electron chi connectivity index (χ3n) is 4.38. The van der Waals surface area contributed by atoms with Crippen molar-refractivity contribution in [2.75, 3.05) is 6.54 Å². The first kappa shape index (κ1) is 22.1. The fourth-order valence-corrected chi connectivity index (χ4v) is 3.38. The van der Waals surface area contributed by atoms with Crippen molar-refractivity contribution in [3.05, 3.63) is 70.7 Å². The van der Waals surface area contributed by atoms with Crippen LogP contribution in [0.15, 0.2) is 59.8 Å². The molecule has 1 unspecified atom stereocenters. The zero-order valence-corrected chi connectivity index (χ0v) is 18.4. The number of hydrogen-bond acceptors (Lipinski definition) is 5. The lowest BCUT2D eigenvalue weighted by Crippen LogP contribution is -2.49. The normalized spacial score (nSPS) is 16.2. The average Bonchev–Trinajstić information content (AvgIpc) is 3.17. The molecule has 3 rings (SSSR count). The summed E-state index contributed by atoms with van der Waals surface area (Å²) >= 11 is 9.19. The second-order valence-electron chi connectivity index (χ2n) is 6.73. The Bertz CT molecular complexity index is 893. The number of carbonyl (C=O) groups is 2. The summed E-state index contributed by atoms with van der Waals surface area (Å²) in [7, 11) is 0. The van der Waals surface area contributed by atoms with E-state index < -0.39 is 12.1 Å². The number of benzene rings is 2. The van der Waals surface area contributed by atoms with Gasteiger partial charge in [0.1, 0.15) is 17.3 Å². The van der Waals surface area contributed by atoms with Crippen molar-refractivity contribution in [3.8, 4) is 0 Å². The molecular weight excluding hydrogens is 474 g/mol. The van der Waals surface area contributed by atoms with E-state index >= 15 is 0 Å².